The summed E-state index contributed by atoms with van der Waals surface area (Å²) in [4.78, 5) is 39.1. The first-order valence-corrected chi connectivity index (χ1v) is 13.8. The van der Waals surface area contributed by atoms with E-state index in [-0.39, 0.29) is 12.5 Å². The Labute approximate surface area is 244 Å². The van der Waals surface area contributed by atoms with E-state index in [1.54, 1.807) is 13.0 Å². The van der Waals surface area contributed by atoms with Crippen molar-refractivity contribution < 1.29 is 28.6 Å². The van der Waals surface area contributed by atoms with Crippen molar-refractivity contribution in [3.63, 3.8) is 0 Å². The van der Waals surface area contributed by atoms with Crippen LogP contribution >= 0.6 is 0 Å². The standard InChI is InChI=1S/C35H31NO6/c1-2-21-40-32(37)22-31(34(38)42-33(24-13-5-3-6-14-24)25-15-7-4-8-16-25)36-35(39)41-23-30-28-19-11-9-17-26(28)27-18-10-12-20-29(27)30/h2-21,30-31,33H,22-23H2,1H3,(H,36,39)/b21-2+. The molecule has 0 bridgehead atoms. The van der Waals surface area contributed by atoms with Crippen LogP contribution in [0.5, 0.6) is 0 Å². The molecule has 5 rings (SSSR count). The number of esters is 2. The van der Waals surface area contributed by atoms with Crippen LogP contribution in [0.3, 0.4) is 0 Å². The van der Waals surface area contributed by atoms with Crippen molar-refractivity contribution in [3.05, 3.63) is 144 Å². The van der Waals surface area contributed by atoms with Crippen LogP contribution in [0.2, 0.25) is 0 Å². The second-order valence-electron chi connectivity index (χ2n) is 9.82. The molecule has 0 spiro atoms. The van der Waals surface area contributed by atoms with E-state index < -0.39 is 36.6 Å². The second kappa shape index (κ2) is 13.5. The third kappa shape index (κ3) is 6.58. The van der Waals surface area contributed by atoms with Crippen molar-refractivity contribution in [2.24, 2.45) is 0 Å². The third-order valence-corrected chi connectivity index (χ3v) is 7.07. The maximum atomic E-state index is 13.5. The number of nitrogens with one attached hydrogen (secondary N) is 1. The number of benzene rings is 4. The Morgan fingerprint density at radius 1 is 0.762 bits per heavy atom. The normalized spacial score (nSPS) is 12.8. The highest BCUT2D eigenvalue weighted by molar-refractivity contribution is 5.87. The molecule has 1 atom stereocenters. The molecular weight excluding hydrogens is 530 g/mol. The van der Waals surface area contributed by atoms with Crippen LogP contribution in [0.25, 0.3) is 11.1 Å². The van der Waals surface area contributed by atoms with Crippen molar-refractivity contribution in [1.82, 2.24) is 5.32 Å². The fraction of sp³-hybridized carbons (Fsp3) is 0.171. The van der Waals surface area contributed by atoms with Crippen LogP contribution < -0.4 is 5.32 Å². The number of carbonyl (C=O) groups is 3. The minimum Gasteiger partial charge on any atom is -0.451 e. The van der Waals surface area contributed by atoms with Crippen molar-refractivity contribution in [2.45, 2.75) is 31.4 Å². The highest BCUT2D eigenvalue weighted by Crippen LogP contribution is 2.44. The van der Waals surface area contributed by atoms with E-state index in [1.165, 1.54) is 6.26 Å². The fourth-order valence-corrected chi connectivity index (χ4v) is 5.12. The zero-order valence-corrected chi connectivity index (χ0v) is 23.1. The SMILES string of the molecule is C/C=C/OC(=O)CC(NC(=O)OCC1c2ccccc2-c2ccccc21)C(=O)OC(c1ccccc1)c1ccccc1. The topological polar surface area (TPSA) is 90.9 Å². The predicted octanol–water partition coefficient (Wildman–Crippen LogP) is 6.69. The van der Waals surface area contributed by atoms with Gasteiger partial charge in [0.25, 0.3) is 0 Å². The van der Waals surface area contributed by atoms with Gasteiger partial charge < -0.3 is 19.5 Å². The number of hydrogen-bond acceptors (Lipinski definition) is 6. The number of carbonyl (C=O) groups excluding carboxylic acids is 3. The molecule has 0 fully saturated rings. The highest BCUT2D eigenvalue weighted by atomic mass is 16.6. The first-order chi connectivity index (χ1) is 20.5. The largest absolute Gasteiger partial charge is 0.451 e. The minimum absolute atomic E-state index is 0.0568. The molecule has 0 aliphatic heterocycles. The number of rotatable bonds is 10. The molecular formula is C35H31NO6. The molecule has 0 saturated carbocycles. The van der Waals surface area contributed by atoms with E-state index in [4.69, 9.17) is 14.2 Å². The molecule has 4 aromatic carbocycles. The van der Waals surface area contributed by atoms with Crippen LogP contribution in [0, 0.1) is 0 Å². The fourth-order valence-electron chi connectivity index (χ4n) is 5.12. The number of hydrogen-bond donors (Lipinski definition) is 1. The lowest BCUT2D eigenvalue weighted by Gasteiger charge is -2.23. The van der Waals surface area contributed by atoms with E-state index in [0.29, 0.717) is 0 Å². The molecule has 42 heavy (non-hydrogen) atoms. The Bertz CT molecular complexity index is 1480. The van der Waals surface area contributed by atoms with E-state index in [2.05, 4.69) is 5.32 Å². The Kier molecular flexibility index (Phi) is 9.09. The maximum absolute atomic E-state index is 13.5. The summed E-state index contributed by atoms with van der Waals surface area (Å²) in [6, 6.07) is 33.2. The number of allylic oxidation sites excluding steroid dienone is 1. The van der Waals surface area contributed by atoms with Crippen LogP contribution in [0.1, 0.15) is 47.6 Å². The van der Waals surface area contributed by atoms with Gasteiger partial charge in [-0.3, -0.25) is 4.79 Å². The van der Waals surface area contributed by atoms with Crippen LogP contribution in [0.15, 0.2) is 122 Å². The van der Waals surface area contributed by atoms with Gasteiger partial charge in [-0.05, 0) is 40.3 Å². The zero-order valence-electron chi connectivity index (χ0n) is 23.1. The molecule has 1 amide bonds. The summed E-state index contributed by atoms with van der Waals surface area (Å²) in [6.07, 6.45) is 0.732. The summed E-state index contributed by atoms with van der Waals surface area (Å²) >= 11 is 0. The second-order valence-corrected chi connectivity index (χ2v) is 9.82. The summed E-state index contributed by atoms with van der Waals surface area (Å²) in [6.45, 7) is 1.75. The van der Waals surface area contributed by atoms with Gasteiger partial charge in [-0.1, -0.05) is 115 Å². The van der Waals surface area contributed by atoms with Gasteiger partial charge in [0.1, 0.15) is 12.6 Å². The summed E-state index contributed by atoms with van der Waals surface area (Å²) in [5.41, 5.74) is 5.81. The van der Waals surface area contributed by atoms with Crippen molar-refractivity contribution in [2.75, 3.05) is 6.61 Å². The molecule has 1 aliphatic rings. The number of fused-ring (bicyclic) bond motifs is 3. The van der Waals surface area contributed by atoms with Crippen molar-refractivity contribution in [1.29, 1.82) is 0 Å². The van der Waals surface area contributed by atoms with Crippen molar-refractivity contribution >= 4 is 18.0 Å². The number of amides is 1. The highest BCUT2D eigenvalue weighted by Gasteiger charge is 2.32. The van der Waals surface area contributed by atoms with Crippen molar-refractivity contribution in [3.8, 4) is 11.1 Å². The summed E-state index contributed by atoms with van der Waals surface area (Å²) < 4.78 is 16.6. The Morgan fingerprint density at radius 2 is 1.29 bits per heavy atom. The summed E-state index contributed by atoms with van der Waals surface area (Å²) in [5, 5.41) is 2.54. The van der Waals surface area contributed by atoms with Crippen LogP contribution in [-0.2, 0) is 23.8 Å². The minimum atomic E-state index is -1.34. The van der Waals surface area contributed by atoms with Gasteiger partial charge >= 0.3 is 18.0 Å². The molecule has 7 heteroatoms. The monoisotopic (exact) mass is 561 g/mol. The number of alkyl carbamates (subject to hydrolysis) is 1. The molecule has 1 unspecified atom stereocenters. The van der Waals surface area contributed by atoms with Gasteiger partial charge in [0, 0.05) is 5.92 Å². The molecule has 0 radical (unpaired) electrons. The summed E-state index contributed by atoms with van der Waals surface area (Å²) in [7, 11) is 0. The average molecular weight is 562 g/mol. The van der Waals surface area contributed by atoms with E-state index >= 15 is 0 Å². The lowest BCUT2D eigenvalue weighted by atomic mass is 9.98. The smallest absolute Gasteiger partial charge is 0.407 e. The predicted molar refractivity (Wildman–Crippen MR) is 158 cm³/mol. The first kappa shape index (κ1) is 28.4. The Morgan fingerprint density at radius 3 is 1.83 bits per heavy atom. The van der Waals surface area contributed by atoms with Gasteiger partial charge in [0.15, 0.2) is 6.10 Å². The van der Waals surface area contributed by atoms with Gasteiger partial charge in [-0.25, -0.2) is 9.59 Å². The molecule has 7 nitrogen and oxygen atoms in total. The zero-order chi connectivity index (χ0) is 29.3. The van der Waals surface area contributed by atoms with Gasteiger partial charge in [-0.2, -0.15) is 0 Å². The van der Waals surface area contributed by atoms with E-state index in [0.717, 1.165) is 33.4 Å². The Balaban J connectivity index is 1.32. The molecule has 212 valence electrons. The maximum Gasteiger partial charge on any atom is 0.407 e. The number of ether oxygens (including phenoxy) is 3. The Hall–Kier alpha value is -5.17. The van der Waals surface area contributed by atoms with Gasteiger partial charge in [0.05, 0.1) is 12.7 Å². The molecule has 0 aromatic heterocycles. The quantitative estimate of drug-likeness (QED) is 0.132. The summed E-state index contributed by atoms with van der Waals surface area (Å²) in [5.74, 6) is -1.66. The third-order valence-electron chi connectivity index (χ3n) is 7.07. The van der Waals surface area contributed by atoms with E-state index in [9.17, 15) is 14.4 Å². The van der Waals surface area contributed by atoms with Gasteiger partial charge in [-0.15, -0.1) is 0 Å². The lowest BCUT2D eigenvalue weighted by Crippen LogP contribution is -2.44. The molecule has 0 saturated heterocycles. The molecule has 4 aromatic rings. The average Bonchev–Trinajstić information content (AvgIpc) is 3.35. The van der Waals surface area contributed by atoms with Crippen LogP contribution in [0.4, 0.5) is 4.79 Å². The molecule has 1 aliphatic carbocycles. The molecule has 0 heterocycles. The first-order valence-electron chi connectivity index (χ1n) is 13.8. The van der Waals surface area contributed by atoms with Crippen LogP contribution in [-0.4, -0.2) is 30.7 Å². The molecule has 1 N–H and O–H groups in total. The van der Waals surface area contributed by atoms with Gasteiger partial charge in [0.2, 0.25) is 0 Å². The van der Waals surface area contributed by atoms with E-state index in [1.807, 2.05) is 109 Å². The lowest BCUT2D eigenvalue weighted by molar-refractivity contribution is -0.153.